The average Bonchev–Trinajstić information content (AvgIpc) is 1.66. The molecule has 43 heteroatoms. The van der Waals surface area contributed by atoms with Crippen molar-refractivity contribution in [3.8, 4) is 85.0 Å². The predicted octanol–water partition coefficient (Wildman–Crippen LogP) is 12.0. The van der Waals surface area contributed by atoms with Gasteiger partial charge in [0, 0.05) is 58.4 Å². The maximum atomic E-state index is 13.2. The number of aromatic nitrogens is 16. The Morgan fingerprint density at radius 1 is 0.346 bits per heavy atom. The standard InChI is InChI=1S/C18H14ClN3O2S.C17H11ClF3N3O2S2.C17H14N4O2S.C16H10Cl3N3O2S2.C16H12ClN3O2S2/c1-21-16(23)15(11-5-3-2-4-6-11)17(24)22-13(10-25-18(21)22)12-7-8-14(19)20-9-12;1-23-13(25)12(8-3-2-4-9(5-8)17(19,20)21)14(26)24-10(7-27-16(23)24)11-6-22-15(18)28-11;1-20-15(22)14(11-5-3-2-4-6-11)16(23)21-13(9-24-17(20)21)12-7-18-10-19-8-12;1-21-13(23)12(7-2-8(17)4-9(18)3-7)14(24)22-10(6-25-16(21)22)11-5-20-15(19)26-11;1-19-13(21)12(9-5-3-2-4-6-9)14(22)20-10(8-23-16(19)20)11-7-18-15(17)24-11/h2-9,13H,10H2,1H3;2-6,10H,7H2,1H3;2-8,10,13H,9H2,1H3;2-5,10H,6H2,1H3;2-7,10H,8H2,1H3/t13-;10-;13-;2*10-/m00000/s1. The van der Waals surface area contributed by atoms with E-state index in [0.29, 0.717) is 105 Å². The van der Waals surface area contributed by atoms with Crippen molar-refractivity contribution in [2.75, 3.05) is 28.8 Å². The molecule has 0 fully saturated rings. The number of pyridine rings is 1. The Kier molecular flexibility index (Phi) is 26.7. The van der Waals surface area contributed by atoms with E-state index in [0.717, 1.165) is 37.9 Å². The van der Waals surface area contributed by atoms with Crippen molar-refractivity contribution < 1.29 is 61.5 Å². The lowest BCUT2D eigenvalue weighted by Gasteiger charge is -2.17. The molecular weight excluding hydrogens is 1920 g/mol. The van der Waals surface area contributed by atoms with E-state index in [1.54, 1.807) is 158 Å². The molecule has 5 aromatic carbocycles. The minimum atomic E-state index is -4.58. The summed E-state index contributed by atoms with van der Waals surface area (Å²) in [5, 5.41) is 67.9. The van der Waals surface area contributed by atoms with Crippen LogP contribution in [0.5, 0.6) is 29.4 Å². The van der Waals surface area contributed by atoms with E-state index in [2.05, 4.69) is 29.9 Å². The van der Waals surface area contributed by atoms with Gasteiger partial charge in [-0.15, -0.1) is 34.0 Å². The number of halogens is 9. The first kappa shape index (κ1) is 90.3. The van der Waals surface area contributed by atoms with Crippen LogP contribution >= 0.6 is 162 Å². The predicted molar refractivity (Wildman–Crippen MR) is 476 cm³/mol. The third-order valence-corrected chi connectivity index (χ3v) is 31.4. The molecule has 0 spiro atoms. The Morgan fingerprint density at radius 2 is 0.654 bits per heavy atom. The molecule has 5 aliphatic rings. The summed E-state index contributed by atoms with van der Waals surface area (Å²) in [6.45, 7) is 0. The van der Waals surface area contributed by atoms with Crippen molar-refractivity contribution in [1.29, 1.82) is 0 Å². The lowest BCUT2D eigenvalue weighted by atomic mass is 10.0. The summed E-state index contributed by atoms with van der Waals surface area (Å²) in [6, 6.07) is 38.6. The van der Waals surface area contributed by atoms with Crippen molar-refractivity contribution in [3.05, 3.63) is 301 Å². The van der Waals surface area contributed by atoms with Crippen LogP contribution in [0.1, 0.15) is 61.5 Å². The molecule has 26 nitrogen and oxygen atoms in total. The number of fused-ring (bicyclic) bond motifs is 5. The zero-order chi connectivity index (χ0) is 89.9. The lowest BCUT2D eigenvalue weighted by molar-refractivity contribution is -0.751. The second kappa shape index (κ2) is 37.5. The van der Waals surface area contributed by atoms with Crippen molar-refractivity contribution in [1.82, 2.24) is 52.7 Å². The fraction of sp³-hybridized carbons (Fsp3) is 0.190. The molecule has 0 unspecified atom stereocenters. The van der Waals surface area contributed by atoms with Crippen LogP contribution in [0.15, 0.2) is 239 Å². The quantitative estimate of drug-likeness (QED) is 0.0697. The zero-order valence-corrected chi connectivity index (χ0v) is 77.3. The van der Waals surface area contributed by atoms with Crippen molar-refractivity contribution in [2.24, 2.45) is 35.2 Å². The minimum Gasteiger partial charge on any atom is -0.842 e. The van der Waals surface area contributed by atoms with Gasteiger partial charge in [0.1, 0.15) is 51.4 Å². The van der Waals surface area contributed by atoms with Crippen molar-refractivity contribution >= 4 is 162 Å². The Morgan fingerprint density at radius 3 is 0.969 bits per heavy atom. The first-order valence-electron chi connectivity index (χ1n) is 37.8. The van der Waals surface area contributed by atoms with Gasteiger partial charge in [-0.25, -0.2) is 76.7 Å². The second-order valence-corrected chi connectivity index (χ2v) is 39.7. The number of thiazole rings is 3. The molecule has 15 aromatic rings. The van der Waals surface area contributed by atoms with E-state index >= 15 is 0 Å². The summed E-state index contributed by atoms with van der Waals surface area (Å²) in [7, 11) is 8.26. The molecule has 0 aliphatic carbocycles. The van der Waals surface area contributed by atoms with Gasteiger partial charge in [0.25, 0.3) is 0 Å². The Balaban J connectivity index is 0.000000117. The molecule has 0 bridgehead atoms. The topological polar surface area (TPSA) is 322 Å². The normalized spacial score (nSPS) is 16.2. The Hall–Kier alpha value is -10.1. The van der Waals surface area contributed by atoms with Crippen LogP contribution in [-0.4, -0.2) is 81.5 Å². The van der Waals surface area contributed by atoms with Gasteiger partial charge < -0.3 is 25.5 Å². The molecule has 0 radical (unpaired) electrons. The van der Waals surface area contributed by atoms with Crippen molar-refractivity contribution in [2.45, 2.75) is 62.2 Å². The first-order chi connectivity index (χ1) is 60.9. The average molecular weight is 1980 g/mol. The largest absolute Gasteiger partial charge is 0.842 e. The van der Waals surface area contributed by atoms with Crippen LogP contribution in [0.25, 0.3) is 55.6 Å². The van der Waals surface area contributed by atoms with E-state index in [1.165, 1.54) is 132 Å². The summed E-state index contributed by atoms with van der Waals surface area (Å²) in [4.78, 5) is 92.7. The highest BCUT2D eigenvalue weighted by Crippen LogP contribution is 2.45. The van der Waals surface area contributed by atoms with Crippen LogP contribution in [0, 0.1) is 0 Å². The third-order valence-electron chi connectivity index (χ3n) is 21.0. The molecule has 648 valence electrons. The summed E-state index contributed by atoms with van der Waals surface area (Å²) < 4.78 is 56.0. The molecule has 0 N–H and O–H groups in total. The first-order valence-corrected chi connectivity index (χ1v) is 47.4. The number of hydrogen-bond donors (Lipinski definition) is 0. The summed E-state index contributed by atoms with van der Waals surface area (Å²) in [5.74, 6) is 1.32. The van der Waals surface area contributed by atoms with Crippen LogP contribution in [0.4, 0.5) is 13.2 Å². The van der Waals surface area contributed by atoms with E-state index in [9.17, 15) is 62.7 Å². The van der Waals surface area contributed by atoms with Gasteiger partial charge >= 0.3 is 59.8 Å². The maximum Gasteiger partial charge on any atom is 0.416 e. The fourth-order valence-corrected chi connectivity index (χ4v) is 25.4. The van der Waals surface area contributed by atoms with Gasteiger partial charge in [-0.05, 0) is 123 Å². The van der Waals surface area contributed by atoms with Gasteiger partial charge in [0.2, 0.25) is 0 Å². The monoisotopic (exact) mass is 1980 g/mol. The highest BCUT2D eigenvalue weighted by atomic mass is 35.5. The van der Waals surface area contributed by atoms with Crippen LogP contribution in [0.2, 0.25) is 28.6 Å². The Bertz CT molecular complexity index is 7130. The SMILES string of the molecule is C[n+]1c([O-])c(-c2cc(Cl)cc(Cl)c2)c(=O)n2c1SC[C@H]2c1cnc(Cl)s1.C[n+]1c([O-])c(-c2cccc(C(F)(F)F)c2)c(=O)n2c1SC[C@H]2c1cnc(Cl)s1.C[n+]1c([O-])c(-c2ccccc2)c(=O)n2c1SC[C@H]2c1ccc(Cl)nc1.C[n+]1c([O-])c(-c2ccccc2)c(=O)n2c1SC[C@H]2c1cnc(Cl)s1.C[n+]1c([O-])c(-c2ccccc2)c(=O)n2c1SC[C@H]2c1cncnc1. The number of nitrogens with zero attached hydrogens (tertiary/aromatic N) is 16. The molecule has 10 aromatic heterocycles. The summed E-state index contributed by atoms with van der Waals surface area (Å²) >= 11 is 47.0. The zero-order valence-electron chi connectivity index (χ0n) is 66.2. The summed E-state index contributed by atoms with van der Waals surface area (Å²) in [6.07, 6.45) is 6.93. The molecule has 15 heterocycles. The third kappa shape index (κ3) is 17.6. The Labute approximate surface area is 781 Å². The minimum absolute atomic E-state index is 0.0452. The number of rotatable bonds is 10. The highest BCUT2D eigenvalue weighted by molar-refractivity contribution is 8.00. The van der Waals surface area contributed by atoms with Crippen LogP contribution in [0.3, 0.4) is 0 Å². The van der Waals surface area contributed by atoms with Crippen LogP contribution in [-0.2, 0) is 41.4 Å². The molecule has 127 heavy (non-hydrogen) atoms. The molecule has 20 rings (SSSR count). The number of hydrogen-bond acceptors (Lipinski definition) is 24. The summed E-state index contributed by atoms with van der Waals surface area (Å²) in [5.41, 5.74) is 1.64. The van der Waals surface area contributed by atoms with E-state index in [-0.39, 0.29) is 103 Å². The van der Waals surface area contributed by atoms with Gasteiger partial charge in [0.05, 0.1) is 114 Å². The fourth-order valence-electron chi connectivity index (χ4n) is 15.0. The molecule has 0 saturated heterocycles. The van der Waals surface area contributed by atoms with Gasteiger partial charge in [-0.2, -0.15) is 36.0 Å². The van der Waals surface area contributed by atoms with Gasteiger partial charge in [0.15, 0.2) is 31.5 Å². The second-order valence-electron chi connectivity index (χ2n) is 28.6. The van der Waals surface area contributed by atoms with Gasteiger partial charge in [-0.3, -0.25) is 0 Å². The number of benzene rings is 5. The smallest absolute Gasteiger partial charge is 0.416 e. The van der Waals surface area contributed by atoms with Crippen LogP contribution < -0.4 is 76.2 Å². The van der Waals surface area contributed by atoms with Crippen molar-refractivity contribution in [3.63, 3.8) is 0 Å². The molecule has 5 aliphatic heterocycles. The maximum absolute atomic E-state index is 13.2. The van der Waals surface area contributed by atoms with Gasteiger partial charge in [-0.1, -0.05) is 179 Å². The molecule has 5 atom stereocenters. The lowest BCUT2D eigenvalue weighted by Crippen LogP contribution is -2.43. The van der Waals surface area contributed by atoms with E-state index in [1.807, 2.05) is 60.7 Å². The number of thioether (sulfide) groups is 5. The number of alkyl halides is 3. The molecular formula is C84H61Cl6F3N16O10S8. The highest BCUT2D eigenvalue weighted by Gasteiger charge is 2.44. The van der Waals surface area contributed by atoms with E-state index in [4.69, 9.17) is 69.6 Å². The van der Waals surface area contributed by atoms with E-state index < -0.39 is 29.2 Å². The molecule has 0 saturated carbocycles. The molecule has 0 amide bonds.